The van der Waals surface area contributed by atoms with Crippen LogP contribution in [0.1, 0.15) is 107 Å². The van der Waals surface area contributed by atoms with E-state index in [1.807, 2.05) is 80.9 Å². The summed E-state index contributed by atoms with van der Waals surface area (Å²) in [5.74, 6) is 1.47. The smallest absolute Gasteiger partial charge is 0.181 e. The maximum absolute atomic E-state index is 5.06. The molecule has 3 aliphatic heterocycles. The van der Waals surface area contributed by atoms with Crippen molar-refractivity contribution < 1.29 is 0 Å². The minimum absolute atomic E-state index is 0.631. The standard InChI is InChI=1S/C33H44N6.C32H32N8.C2H6/c1-7-16-30(39-19-12-11-13-20-39)31-25(6)34-33(35-31)32-29(24(5)36-37-32)22-28(10-4)27(9-3)21-26(8-2)23-38-17-14-15-18-38;1-4-11-28(40-14-9-6-10-15-40)29-22(3)36-32(37-29)30-27-17-25(19-34-31(27)39-38-30)24-16-26(20-33-18-24)35-21(2)23-12-7-5-8-13-23;1-2/h7-10,16,21-22,36H,1-2,5,11-15,17-20,23H2,3-4,6H3,(H,34,35);4-5,7-8,11-13,16-20,35H,1-2,6,9-10,14-15H2,3H3,(H,36,37)(H,34,38,39);1-2H3/b26-21+,27-9+,28-10+,29-22+,30-16+;28-11+;. The number of aromatic nitrogens is 10. The predicted octanol–water partition coefficient (Wildman–Crippen LogP) is 13.3. The number of pyridine rings is 2. The highest BCUT2D eigenvalue weighted by Crippen LogP contribution is 2.33. The number of allylic oxidation sites excluding steroid dienone is 9. The predicted molar refractivity (Wildman–Crippen MR) is 339 cm³/mol. The van der Waals surface area contributed by atoms with Gasteiger partial charge in [-0.3, -0.25) is 20.1 Å². The topological polar surface area (TPSA) is 162 Å². The molecule has 0 aliphatic carbocycles. The van der Waals surface area contributed by atoms with Crippen LogP contribution >= 0.6 is 0 Å². The van der Waals surface area contributed by atoms with Gasteiger partial charge < -0.3 is 25.1 Å². The third-order valence-electron chi connectivity index (χ3n) is 14.9. The number of anilines is 1. The van der Waals surface area contributed by atoms with Crippen molar-refractivity contribution >= 4 is 46.5 Å². The van der Waals surface area contributed by atoms with Crippen molar-refractivity contribution in [3.05, 3.63) is 192 Å². The molecule has 0 amide bonds. The molecule has 420 valence electrons. The molecular weight excluding hydrogens is 1000 g/mol. The zero-order valence-electron chi connectivity index (χ0n) is 48.6. The van der Waals surface area contributed by atoms with Crippen LogP contribution in [-0.2, 0) is 0 Å². The quantitative estimate of drug-likeness (QED) is 0.0523. The number of imidazole rings is 2. The summed E-state index contributed by atoms with van der Waals surface area (Å²) in [6.07, 6.45) is 33.8. The lowest BCUT2D eigenvalue weighted by molar-refractivity contribution is 0.325. The number of rotatable bonds is 18. The molecular formula is C67H82N14. The Kier molecular flexibility index (Phi) is 20.6. The number of H-pyrrole nitrogens is 4. The molecule has 0 saturated carbocycles. The van der Waals surface area contributed by atoms with Gasteiger partial charge in [0.1, 0.15) is 22.8 Å². The van der Waals surface area contributed by atoms with Gasteiger partial charge in [-0.05, 0) is 145 Å². The van der Waals surface area contributed by atoms with E-state index in [1.165, 1.54) is 56.9 Å². The van der Waals surface area contributed by atoms with Crippen molar-refractivity contribution in [3.8, 4) is 34.2 Å². The number of fused-ring (bicyclic) bond motifs is 1. The molecule has 14 nitrogen and oxygen atoms in total. The van der Waals surface area contributed by atoms with E-state index in [4.69, 9.17) is 9.97 Å². The van der Waals surface area contributed by atoms with Gasteiger partial charge in [-0.1, -0.05) is 114 Å². The summed E-state index contributed by atoms with van der Waals surface area (Å²) < 4.78 is 0. The van der Waals surface area contributed by atoms with E-state index in [0.29, 0.717) is 5.65 Å². The van der Waals surface area contributed by atoms with Crippen LogP contribution in [0.5, 0.6) is 0 Å². The Hall–Kier alpha value is -8.62. The second-order valence-corrected chi connectivity index (χ2v) is 20.4. The fourth-order valence-corrected chi connectivity index (χ4v) is 10.7. The summed E-state index contributed by atoms with van der Waals surface area (Å²) in [7, 11) is 0. The van der Waals surface area contributed by atoms with Crippen molar-refractivity contribution in [2.24, 2.45) is 0 Å². The van der Waals surface area contributed by atoms with E-state index in [1.54, 1.807) is 6.20 Å². The van der Waals surface area contributed by atoms with E-state index >= 15 is 0 Å². The lowest BCUT2D eigenvalue weighted by Crippen LogP contribution is -2.28. The molecule has 81 heavy (non-hydrogen) atoms. The first-order valence-corrected chi connectivity index (χ1v) is 28.8. The van der Waals surface area contributed by atoms with Gasteiger partial charge in [-0.2, -0.15) is 10.2 Å². The Bertz CT molecular complexity index is 3570. The average molecular weight is 1080 g/mol. The molecule has 7 aromatic rings. The maximum atomic E-state index is 5.06. The lowest BCUT2D eigenvalue weighted by atomic mass is 10.0. The summed E-state index contributed by atoms with van der Waals surface area (Å²) in [5, 5.41) is 21.3. The zero-order valence-corrected chi connectivity index (χ0v) is 48.6. The molecule has 3 saturated heterocycles. The summed E-state index contributed by atoms with van der Waals surface area (Å²) in [6.45, 7) is 40.1. The first-order valence-electron chi connectivity index (χ1n) is 28.8. The zero-order chi connectivity index (χ0) is 57.3. The Morgan fingerprint density at radius 2 is 1.28 bits per heavy atom. The molecule has 0 atom stereocenters. The van der Waals surface area contributed by atoms with E-state index in [0.717, 1.165) is 158 Å². The molecule has 0 radical (unpaired) electrons. The molecule has 3 aliphatic rings. The number of likely N-dealkylation sites (tertiary alicyclic amines) is 3. The number of nitrogens with one attached hydrogen (secondary N) is 5. The highest BCUT2D eigenvalue weighted by Gasteiger charge is 2.24. The molecule has 1 aromatic carbocycles. The van der Waals surface area contributed by atoms with Crippen LogP contribution in [0.4, 0.5) is 5.69 Å². The van der Waals surface area contributed by atoms with E-state index < -0.39 is 0 Å². The fourth-order valence-electron chi connectivity index (χ4n) is 10.7. The number of hydrogen-bond donors (Lipinski definition) is 5. The molecule has 0 spiro atoms. The molecule has 3 fully saturated rings. The normalized spacial score (nSPS) is 16.0. The monoisotopic (exact) mass is 1080 g/mol. The summed E-state index contributed by atoms with van der Waals surface area (Å²) in [5.41, 5.74) is 16.4. The van der Waals surface area contributed by atoms with Crippen molar-refractivity contribution in [1.82, 2.24) is 65.0 Å². The van der Waals surface area contributed by atoms with E-state index in [2.05, 4.69) is 163 Å². The summed E-state index contributed by atoms with van der Waals surface area (Å²) in [4.78, 5) is 33.5. The molecule has 0 bridgehead atoms. The summed E-state index contributed by atoms with van der Waals surface area (Å²) >= 11 is 0. The molecule has 0 unspecified atom stereocenters. The van der Waals surface area contributed by atoms with Crippen molar-refractivity contribution in [2.45, 2.75) is 92.9 Å². The van der Waals surface area contributed by atoms with Gasteiger partial charge >= 0.3 is 0 Å². The Balaban J connectivity index is 0.000000206. The largest absolute Gasteiger partial charge is 0.370 e. The average Bonchev–Trinajstić information content (AvgIpc) is 4.53. The summed E-state index contributed by atoms with van der Waals surface area (Å²) in [6, 6.07) is 14.1. The second kappa shape index (κ2) is 28.5. The van der Waals surface area contributed by atoms with E-state index in [-0.39, 0.29) is 0 Å². The first-order chi connectivity index (χ1) is 39.6. The first kappa shape index (κ1) is 58.5. The Morgan fingerprint density at radius 3 is 1.89 bits per heavy atom. The SMILES string of the molecule is C=C/C=C(\c1nc(-c2[nH]nc3ncc(-c4cncc(NC(=C)c5ccccc5)c4)cc23)[nH]c1C)N1CCCCC1.C=C/C=C(\c1nc(-c2n[nH]c(=C)\c2=C/C(=C\C)C(/C=C(\C=C)CN2CCCC2)=C/C)[nH]c1C)N1CCCCC1.CC. The maximum Gasteiger partial charge on any atom is 0.181 e. The van der Waals surface area contributed by atoms with Gasteiger partial charge in [0.2, 0.25) is 0 Å². The Labute approximate surface area is 479 Å². The minimum atomic E-state index is 0.631. The third kappa shape index (κ3) is 14.2. The molecule has 5 N–H and O–H groups in total. The van der Waals surface area contributed by atoms with Crippen LogP contribution in [-0.4, -0.2) is 111 Å². The van der Waals surface area contributed by atoms with Crippen LogP contribution in [0.2, 0.25) is 0 Å². The highest BCUT2D eigenvalue weighted by molar-refractivity contribution is 5.92. The van der Waals surface area contributed by atoms with Gasteiger partial charge in [-0.15, -0.1) is 0 Å². The van der Waals surface area contributed by atoms with Crippen LogP contribution in [0.3, 0.4) is 0 Å². The molecule has 9 heterocycles. The number of aryl methyl sites for hydroxylation is 2. The van der Waals surface area contributed by atoms with Gasteiger partial charge in [0.05, 0.1) is 34.0 Å². The number of piperidine rings is 2. The lowest BCUT2D eigenvalue weighted by Gasteiger charge is -2.30. The van der Waals surface area contributed by atoms with Crippen molar-refractivity contribution in [1.29, 1.82) is 0 Å². The fraction of sp³-hybridized carbons (Fsp3) is 0.313. The molecule has 10 rings (SSSR count). The molecule has 6 aromatic heterocycles. The number of nitrogens with zero attached hydrogens (tertiary/aromatic N) is 9. The number of aromatic amines is 4. The minimum Gasteiger partial charge on any atom is -0.370 e. The van der Waals surface area contributed by atoms with E-state index in [9.17, 15) is 0 Å². The van der Waals surface area contributed by atoms with Crippen molar-refractivity contribution in [2.75, 3.05) is 51.1 Å². The van der Waals surface area contributed by atoms with Crippen LogP contribution < -0.4 is 15.9 Å². The van der Waals surface area contributed by atoms with Gasteiger partial charge in [0.25, 0.3) is 0 Å². The van der Waals surface area contributed by atoms with Crippen LogP contribution in [0.25, 0.3) is 74.9 Å². The highest BCUT2D eigenvalue weighted by atomic mass is 15.2. The third-order valence-corrected chi connectivity index (χ3v) is 14.9. The van der Waals surface area contributed by atoms with Gasteiger partial charge in [0.15, 0.2) is 17.3 Å². The van der Waals surface area contributed by atoms with Crippen LogP contribution in [0, 0.1) is 13.8 Å². The van der Waals surface area contributed by atoms with Gasteiger partial charge in [-0.25, -0.2) is 15.0 Å². The molecule has 14 heteroatoms. The van der Waals surface area contributed by atoms with Gasteiger partial charge in [0, 0.05) is 78.5 Å². The van der Waals surface area contributed by atoms with Crippen LogP contribution in [0.15, 0.2) is 153 Å². The second-order valence-electron chi connectivity index (χ2n) is 20.4. The number of benzene rings is 1. The van der Waals surface area contributed by atoms with Crippen molar-refractivity contribution in [3.63, 3.8) is 0 Å². The number of hydrogen-bond acceptors (Lipinski definition) is 10. The Morgan fingerprint density at radius 1 is 0.691 bits per heavy atom.